The van der Waals surface area contributed by atoms with Crippen molar-refractivity contribution in [2.24, 2.45) is 0 Å². The van der Waals surface area contributed by atoms with Gasteiger partial charge in [0.2, 0.25) is 0 Å². The van der Waals surface area contributed by atoms with Crippen molar-refractivity contribution in [2.75, 3.05) is 39.4 Å². The van der Waals surface area contributed by atoms with Gasteiger partial charge in [0, 0.05) is 43.3 Å². The maximum absolute atomic E-state index is 13.0. The molecule has 0 aliphatic carbocycles. The first-order chi connectivity index (χ1) is 14.8. The Morgan fingerprint density at radius 3 is 2.87 bits per heavy atom. The molecule has 0 spiro atoms. The quantitative estimate of drug-likeness (QED) is 0.537. The monoisotopic (exact) mass is 401 g/mol. The van der Waals surface area contributed by atoms with Crippen molar-refractivity contribution in [3.63, 3.8) is 0 Å². The zero-order valence-electron chi connectivity index (χ0n) is 16.6. The number of hydrogen-bond acceptors (Lipinski definition) is 5. The molecule has 7 heteroatoms. The fourth-order valence-electron chi connectivity index (χ4n) is 3.84. The SMILES string of the molecule is O=C(NCCN1CCOCC1)c1cc(-c2nc3ccccc3[nH]2)cc2cccnc12. The second kappa shape index (κ2) is 8.22. The Morgan fingerprint density at radius 1 is 1.13 bits per heavy atom. The number of morpholine rings is 1. The molecule has 30 heavy (non-hydrogen) atoms. The zero-order chi connectivity index (χ0) is 20.3. The minimum atomic E-state index is -0.120. The van der Waals surface area contributed by atoms with Gasteiger partial charge in [-0.25, -0.2) is 4.98 Å². The van der Waals surface area contributed by atoms with Crippen LogP contribution in [-0.4, -0.2) is 65.2 Å². The van der Waals surface area contributed by atoms with Gasteiger partial charge >= 0.3 is 0 Å². The third kappa shape index (κ3) is 3.77. The molecule has 1 amide bonds. The van der Waals surface area contributed by atoms with E-state index in [-0.39, 0.29) is 5.91 Å². The van der Waals surface area contributed by atoms with E-state index in [0.29, 0.717) is 17.6 Å². The van der Waals surface area contributed by atoms with Crippen LogP contribution < -0.4 is 5.32 Å². The molecule has 3 heterocycles. The molecule has 2 aromatic heterocycles. The molecule has 5 rings (SSSR count). The van der Waals surface area contributed by atoms with Gasteiger partial charge < -0.3 is 15.0 Å². The molecule has 1 saturated heterocycles. The summed E-state index contributed by atoms with van der Waals surface area (Å²) in [6.45, 7) is 4.71. The Morgan fingerprint density at radius 2 is 2.00 bits per heavy atom. The maximum Gasteiger partial charge on any atom is 0.253 e. The van der Waals surface area contributed by atoms with E-state index in [0.717, 1.165) is 60.7 Å². The summed E-state index contributed by atoms with van der Waals surface area (Å²) in [5, 5.41) is 3.96. The maximum atomic E-state index is 13.0. The van der Waals surface area contributed by atoms with Crippen molar-refractivity contribution in [3.05, 3.63) is 60.3 Å². The number of pyridine rings is 1. The molecule has 2 aromatic carbocycles. The molecular weight excluding hydrogens is 378 g/mol. The van der Waals surface area contributed by atoms with Gasteiger partial charge in [-0.3, -0.25) is 14.7 Å². The highest BCUT2D eigenvalue weighted by molar-refractivity contribution is 6.07. The molecule has 0 saturated carbocycles. The minimum Gasteiger partial charge on any atom is -0.379 e. The summed E-state index contributed by atoms with van der Waals surface area (Å²) in [5.74, 6) is 0.620. The molecular formula is C23H23N5O2. The van der Waals surface area contributed by atoms with Crippen molar-refractivity contribution in [2.45, 2.75) is 0 Å². The molecule has 1 fully saturated rings. The highest BCUT2D eigenvalue weighted by Crippen LogP contribution is 2.26. The number of hydrogen-bond donors (Lipinski definition) is 2. The summed E-state index contributed by atoms with van der Waals surface area (Å²) in [6, 6.07) is 15.6. The summed E-state index contributed by atoms with van der Waals surface area (Å²) >= 11 is 0. The standard InChI is InChI=1S/C23H23N5O2/c29-23(25-8-9-28-10-12-30-13-11-28)18-15-17(14-16-4-3-7-24-21(16)18)22-26-19-5-1-2-6-20(19)27-22/h1-7,14-15H,8-13H2,(H,25,29)(H,26,27). The first-order valence-corrected chi connectivity index (χ1v) is 10.2. The van der Waals surface area contributed by atoms with Gasteiger partial charge in [-0.2, -0.15) is 0 Å². The molecule has 0 unspecified atom stereocenters. The lowest BCUT2D eigenvalue weighted by Crippen LogP contribution is -2.41. The van der Waals surface area contributed by atoms with Gasteiger partial charge in [-0.1, -0.05) is 18.2 Å². The van der Waals surface area contributed by atoms with Gasteiger partial charge in [0.15, 0.2) is 0 Å². The van der Waals surface area contributed by atoms with E-state index in [1.54, 1.807) is 6.20 Å². The molecule has 0 atom stereocenters. The Kier molecular flexibility index (Phi) is 5.13. The minimum absolute atomic E-state index is 0.120. The van der Waals surface area contributed by atoms with Crippen LogP contribution in [0.1, 0.15) is 10.4 Å². The number of H-pyrrole nitrogens is 1. The largest absolute Gasteiger partial charge is 0.379 e. The second-order valence-corrected chi connectivity index (χ2v) is 7.41. The Bertz CT molecular complexity index is 1160. The van der Waals surface area contributed by atoms with Crippen LogP contribution in [0.5, 0.6) is 0 Å². The lowest BCUT2D eigenvalue weighted by Gasteiger charge is -2.26. The van der Waals surface area contributed by atoms with Crippen molar-refractivity contribution in [1.29, 1.82) is 0 Å². The first kappa shape index (κ1) is 18.7. The molecule has 1 aliphatic heterocycles. The highest BCUT2D eigenvalue weighted by atomic mass is 16.5. The molecule has 7 nitrogen and oxygen atoms in total. The number of nitrogens with one attached hydrogen (secondary N) is 2. The van der Waals surface area contributed by atoms with E-state index in [1.807, 2.05) is 48.5 Å². The summed E-state index contributed by atoms with van der Waals surface area (Å²) in [6.07, 6.45) is 1.72. The molecule has 2 N–H and O–H groups in total. The summed E-state index contributed by atoms with van der Waals surface area (Å²) in [4.78, 5) is 27.8. The van der Waals surface area contributed by atoms with Gasteiger partial charge in [-0.05, 0) is 30.3 Å². The van der Waals surface area contributed by atoms with Gasteiger partial charge in [0.25, 0.3) is 5.91 Å². The number of para-hydroxylation sites is 2. The Labute approximate surface area is 174 Å². The van der Waals surface area contributed by atoms with Crippen molar-refractivity contribution >= 4 is 27.8 Å². The van der Waals surface area contributed by atoms with Crippen LogP contribution in [0, 0.1) is 0 Å². The van der Waals surface area contributed by atoms with Gasteiger partial charge in [0.1, 0.15) is 5.82 Å². The smallest absolute Gasteiger partial charge is 0.253 e. The molecule has 0 bridgehead atoms. The number of aromatic amines is 1. The van der Waals surface area contributed by atoms with E-state index in [4.69, 9.17) is 4.74 Å². The van der Waals surface area contributed by atoms with Crippen LogP contribution in [0.15, 0.2) is 54.7 Å². The summed E-state index contributed by atoms with van der Waals surface area (Å²) < 4.78 is 5.38. The van der Waals surface area contributed by atoms with Crippen LogP contribution in [0.3, 0.4) is 0 Å². The number of amides is 1. The van der Waals surface area contributed by atoms with Crippen molar-refractivity contribution < 1.29 is 9.53 Å². The number of carbonyl (C=O) groups excluding carboxylic acids is 1. The predicted molar refractivity (Wildman–Crippen MR) is 116 cm³/mol. The number of carbonyl (C=O) groups is 1. The van der Waals surface area contributed by atoms with Crippen molar-refractivity contribution in [3.8, 4) is 11.4 Å². The van der Waals surface area contributed by atoms with E-state index in [2.05, 4.69) is 25.2 Å². The van der Waals surface area contributed by atoms with Crippen LogP contribution in [0.2, 0.25) is 0 Å². The van der Waals surface area contributed by atoms with Crippen LogP contribution in [0.4, 0.5) is 0 Å². The predicted octanol–water partition coefficient (Wildman–Crippen LogP) is 2.84. The van der Waals surface area contributed by atoms with E-state index in [9.17, 15) is 4.79 Å². The second-order valence-electron chi connectivity index (χ2n) is 7.41. The fourth-order valence-corrected chi connectivity index (χ4v) is 3.84. The number of benzene rings is 2. The molecule has 0 radical (unpaired) electrons. The Balaban J connectivity index is 1.43. The lowest BCUT2D eigenvalue weighted by atomic mass is 10.0. The first-order valence-electron chi connectivity index (χ1n) is 10.2. The third-order valence-corrected chi connectivity index (χ3v) is 5.43. The average Bonchev–Trinajstić information content (AvgIpc) is 3.23. The number of rotatable bonds is 5. The number of ether oxygens (including phenoxy) is 1. The average molecular weight is 401 g/mol. The van der Waals surface area contributed by atoms with Crippen LogP contribution >= 0.6 is 0 Å². The zero-order valence-corrected chi connectivity index (χ0v) is 16.6. The lowest BCUT2D eigenvalue weighted by molar-refractivity contribution is 0.0383. The highest BCUT2D eigenvalue weighted by Gasteiger charge is 2.16. The molecule has 4 aromatic rings. The van der Waals surface area contributed by atoms with E-state index in [1.165, 1.54) is 0 Å². The summed E-state index contributed by atoms with van der Waals surface area (Å²) in [5.41, 5.74) is 3.99. The normalized spacial score (nSPS) is 14.9. The molecule has 1 aliphatic rings. The number of fused-ring (bicyclic) bond motifs is 2. The van der Waals surface area contributed by atoms with Crippen LogP contribution in [-0.2, 0) is 4.74 Å². The fraction of sp³-hybridized carbons (Fsp3) is 0.261. The van der Waals surface area contributed by atoms with Gasteiger partial charge in [0.05, 0.1) is 35.3 Å². The topological polar surface area (TPSA) is 83.1 Å². The van der Waals surface area contributed by atoms with E-state index >= 15 is 0 Å². The van der Waals surface area contributed by atoms with E-state index < -0.39 is 0 Å². The number of imidazole rings is 1. The van der Waals surface area contributed by atoms with Gasteiger partial charge in [-0.15, -0.1) is 0 Å². The molecule has 152 valence electrons. The summed E-state index contributed by atoms with van der Waals surface area (Å²) in [7, 11) is 0. The number of nitrogens with zero attached hydrogens (tertiary/aromatic N) is 3. The van der Waals surface area contributed by atoms with Crippen molar-refractivity contribution in [1.82, 2.24) is 25.2 Å². The Hall–Kier alpha value is -3.29. The van der Waals surface area contributed by atoms with Crippen LogP contribution in [0.25, 0.3) is 33.3 Å². The number of aromatic nitrogens is 3. The third-order valence-electron chi connectivity index (χ3n) is 5.43.